The van der Waals surface area contributed by atoms with Crippen LogP contribution in [0.4, 0.5) is 26.0 Å². The first-order valence-corrected chi connectivity index (χ1v) is 15.6. The average Bonchev–Trinajstić information content (AvgIpc) is 3.48. The Kier molecular flexibility index (Phi) is 6.71. The maximum Gasteiger partial charge on any atom is 0.251 e. The van der Waals surface area contributed by atoms with Gasteiger partial charge in [-0.1, -0.05) is 5.21 Å². The van der Waals surface area contributed by atoms with Gasteiger partial charge in [-0.15, -0.1) is 5.10 Å². The van der Waals surface area contributed by atoms with E-state index in [9.17, 15) is 17.2 Å². The van der Waals surface area contributed by atoms with E-state index in [0.717, 1.165) is 42.7 Å². The van der Waals surface area contributed by atoms with Crippen LogP contribution in [0.1, 0.15) is 51.0 Å². The molecule has 4 heterocycles. The molecule has 40 heavy (non-hydrogen) atoms. The van der Waals surface area contributed by atoms with Crippen LogP contribution in [0, 0.1) is 12.3 Å². The minimum Gasteiger partial charge on any atom is -0.371 e. The van der Waals surface area contributed by atoms with Gasteiger partial charge in [-0.3, -0.25) is 4.72 Å². The van der Waals surface area contributed by atoms with E-state index in [2.05, 4.69) is 19.9 Å². The Hall–Kier alpha value is -3.28. The zero-order valence-electron chi connectivity index (χ0n) is 22.9. The van der Waals surface area contributed by atoms with Gasteiger partial charge in [0.05, 0.1) is 17.6 Å². The number of nitrogens with zero attached hydrogens (tertiary/aromatic N) is 6. The number of pyridine rings is 1. The van der Waals surface area contributed by atoms with Gasteiger partial charge in [0, 0.05) is 50.3 Å². The van der Waals surface area contributed by atoms with E-state index in [1.807, 2.05) is 42.3 Å². The lowest BCUT2D eigenvalue weighted by atomic mass is 9.93. The molecule has 1 N–H and O–H groups in total. The molecule has 214 valence electrons. The molecule has 1 saturated carbocycles. The Bertz CT molecular complexity index is 1500. The topological polar surface area (TPSA) is 96.2 Å². The van der Waals surface area contributed by atoms with Crippen LogP contribution in [-0.4, -0.2) is 66.3 Å². The van der Waals surface area contributed by atoms with Gasteiger partial charge in [0.15, 0.2) is 5.82 Å². The molecule has 12 heteroatoms. The molecular formula is C28H35F2N7O2S. The lowest BCUT2D eigenvalue weighted by molar-refractivity contribution is -0.0221. The number of aromatic nitrogens is 4. The molecule has 2 aliphatic heterocycles. The fourth-order valence-electron chi connectivity index (χ4n) is 5.70. The quantitative estimate of drug-likeness (QED) is 0.426. The number of hydrogen-bond donors (Lipinski definition) is 1. The molecule has 0 atom stereocenters. The van der Waals surface area contributed by atoms with Crippen molar-refractivity contribution in [2.45, 2.75) is 58.3 Å². The molecule has 2 aromatic heterocycles. The summed E-state index contributed by atoms with van der Waals surface area (Å²) in [4.78, 5) is 8.94. The summed E-state index contributed by atoms with van der Waals surface area (Å²) in [5.41, 5.74) is 4.41. The van der Waals surface area contributed by atoms with E-state index in [1.165, 1.54) is 12.8 Å². The number of alkyl halides is 2. The van der Waals surface area contributed by atoms with E-state index < -0.39 is 15.9 Å². The second kappa shape index (κ2) is 9.97. The first-order valence-electron chi connectivity index (χ1n) is 14.0. The van der Waals surface area contributed by atoms with Crippen LogP contribution in [0.5, 0.6) is 0 Å². The van der Waals surface area contributed by atoms with Crippen molar-refractivity contribution < 1.29 is 17.2 Å². The van der Waals surface area contributed by atoms with Crippen LogP contribution in [0.2, 0.25) is 0 Å². The van der Waals surface area contributed by atoms with Crippen LogP contribution in [0.3, 0.4) is 0 Å². The summed E-state index contributed by atoms with van der Waals surface area (Å²) in [6.45, 7) is 5.87. The van der Waals surface area contributed by atoms with Gasteiger partial charge in [0.1, 0.15) is 11.5 Å². The van der Waals surface area contributed by atoms with Gasteiger partial charge in [0.2, 0.25) is 10.0 Å². The molecule has 0 radical (unpaired) electrons. The number of nitrogens with one attached hydrogen (secondary N) is 1. The Morgan fingerprint density at radius 2 is 1.60 bits per heavy atom. The molecule has 0 unspecified atom stereocenters. The lowest BCUT2D eigenvalue weighted by Gasteiger charge is -2.35. The molecule has 9 nitrogen and oxygen atoms in total. The summed E-state index contributed by atoms with van der Waals surface area (Å²) >= 11 is 0. The minimum atomic E-state index is -3.42. The van der Waals surface area contributed by atoms with E-state index in [4.69, 9.17) is 4.98 Å². The molecule has 1 spiro atoms. The Balaban J connectivity index is 1.31. The first kappa shape index (κ1) is 26.9. The number of anilines is 3. The number of piperidine rings is 2. The monoisotopic (exact) mass is 571 g/mol. The molecule has 3 fully saturated rings. The summed E-state index contributed by atoms with van der Waals surface area (Å²) in [5.74, 6) is -1.41. The molecule has 3 aromatic rings. The average molecular weight is 572 g/mol. The zero-order valence-corrected chi connectivity index (χ0v) is 23.7. The number of hydrogen-bond acceptors (Lipinski definition) is 7. The second-order valence-electron chi connectivity index (χ2n) is 11.5. The highest BCUT2D eigenvalue weighted by molar-refractivity contribution is 7.92. The number of benzene rings is 1. The Labute approximate surface area is 233 Å². The molecule has 0 amide bonds. The van der Waals surface area contributed by atoms with Crippen LogP contribution in [0.15, 0.2) is 36.5 Å². The van der Waals surface area contributed by atoms with Crippen molar-refractivity contribution in [2.75, 3.05) is 46.5 Å². The molecule has 0 bridgehead atoms. The van der Waals surface area contributed by atoms with E-state index in [-0.39, 0.29) is 31.7 Å². The van der Waals surface area contributed by atoms with Gasteiger partial charge >= 0.3 is 0 Å². The SMILES string of the molecule is CCS(=O)(=O)Nc1ccc(-c2cn(-c3cc(C)cc(N4CCC(F)(F)CC4)n3)nn2)c(N2CCC3(CC2)CC3)c1. The van der Waals surface area contributed by atoms with Gasteiger partial charge in [0.25, 0.3) is 5.92 Å². The largest absolute Gasteiger partial charge is 0.371 e. The van der Waals surface area contributed by atoms with Crippen molar-refractivity contribution in [3.63, 3.8) is 0 Å². The van der Waals surface area contributed by atoms with Crippen molar-refractivity contribution in [1.29, 1.82) is 0 Å². The maximum absolute atomic E-state index is 13.7. The maximum atomic E-state index is 13.7. The van der Waals surface area contributed by atoms with Gasteiger partial charge in [-0.25, -0.2) is 26.9 Å². The van der Waals surface area contributed by atoms with Crippen LogP contribution >= 0.6 is 0 Å². The van der Waals surface area contributed by atoms with E-state index >= 15 is 0 Å². The molecular weight excluding hydrogens is 536 g/mol. The minimum absolute atomic E-state index is 0.00399. The first-order chi connectivity index (χ1) is 19.0. The third kappa shape index (κ3) is 5.63. The molecule has 1 aliphatic carbocycles. The van der Waals surface area contributed by atoms with Gasteiger partial charge < -0.3 is 9.80 Å². The Morgan fingerprint density at radius 1 is 0.925 bits per heavy atom. The lowest BCUT2D eigenvalue weighted by Crippen LogP contribution is -2.39. The molecule has 1 aromatic carbocycles. The van der Waals surface area contributed by atoms with Crippen LogP contribution < -0.4 is 14.5 Å². The van der Waals surface area contributed by atoms with Crippen LogP contribution in [0.25, 0.3) is 17.1 Å². The number of aryl methyl sites for hydroxylation is 1. The molecule has 6 rings (SSSR count). The predicted molar refractivity (Wildman–Crippen MR) is 152 cm³/mol. The van der Waals surface area contributed by atoms with Gasteiger partial charge in [-0.05, 0) is 80.8 Å². The van der Waals surface area contributed by atoms with E-state index in [1.54, 1.807) is 17.7 Å². The van der Waals surface area contributed by atoms with Crippen LogP contribution in [-0.2, 0) is 10.0 Å². The number of halogens is 2. The van der Waals surface area contributed by atoms with Gasteiger partial charge in [-0.2, -0.15) is 0 Å². The fraction of sp³-hybridized carbons (Fsp3) is 0.536. The highest BCUT2D eigenvalue weighted by Gasteiger charge is 2.44. The highest BCUT2D eigenvalue weighted by Crippen LogP contribution is 2.54. The highest BCUT2D eigenvalue weighted by atomic mass is 32.2. The standard InChI is InChI=1S/C28H35F2N7O2S/c1-3-40(38,39)33-21-4-5-22(24(18-21)35-12-8-27(6-7-27)9-13-35)23-19-37(34-32-23)26-17-20(2)16-25(31-26)36-14-10-28(29,30)11-15-36/h4-5,16-19,33H,3,6-15H2,1-2H3. The smallest absolute Gasteiger partial charge is 0.251 e. The second-order valence-corrected chi connectivity index (χ2v) is 13.5. The zero-order chi connectivity index (χ0) is 28.1. The van der Waals surface area contributed by atoms with Crippen molar-refractivity contribution in [3.05, 3.63) is 42.1 Å². The normalized spacial score (nSPS) is 20.1. The third-order valence-electron chi connectivity index (χ3n) is 8.54. The number of sulfonamides is 1. The van der Waals surface area contributed by atoms with Crippen molar-refractivity contribution in [3.8, 4) is 17.1 Å². The Morgan fingerprint density at radius 3 is 2.27 bits per heavy atom. The van der Waals surface area contributed by atoms with Crippen molar-refractivity contribution >= 4 is 27.2 Å². The fourth-order valence-corrected chi connectivity index (χ4v) is 6.33. The van der Waals surface area contributed by atoms with Crippen molar-refractivity contribution in [2.24, 2.45) is 5.41 Å². The van der Waals surface area contributed by atoms with E-state index in [0.29, 0.717) is 28.4 Å². The van der Waals surface area contributed by atoms with Crippen molar-refractivity contribution in [1.82, 2.24) is 20.0 Å². The third-order valence-corrected chi connectivity index (χ3v) is 9.85. The molecule has 3 aliphatic rings. The summed E-state index contributed by atoms with van der Waals surface area (Å²) < 4.78 is 56.2. The number of rotatable bonds is 7. The summed E-state index contributed by atoms with van der Waals surface area (Å²) in [7, 11) is -3.42. The summed E-state index contributed by atoms with van der Waals surface area (Å²) in [6, 6.07) is 9.33. The summed E-state index contributed by atoms with van der Waals surface area (Å²) in [5, 5.41) is 8.83. The summed E-state index contributed by atoms with van der Waals surface area (Å²) in [6.07, 6.45) is 6.29. The predicted octanol–water partition coefficient (Wildman–Crippen LogP) is 5.02. The molecule has 2 saturated heterocycles.